The highest BCUT2D eigenvalue weighted by molar-refractivity contribution is 5.81. The summed E-state index contributed by atoms with van der Waals surface area (Å²) in [6, 6.07) is 9.20. The smallest absolute Gasteiger partial charge is 0.314 e. The molecule has 1 aromatic rings. The van der Waals surface area contributed by atoms with Crippen LogP contribution in [-0.2, 0) is 10.2 Å². The maximum atomic E-state index is 11.5. The van der Waals surface area contributed by atoms with Crippen LogP contribution in [0, 0.1) is 4.91 Å². The summed E-state index contributed by atoms with van der Waals surface area (Å²) in [5, 5.41) is 13.7. The second-order valence-electron chi connectivity index (χ2n) is 4.29. The third-order valence-electron chi connectivity index (χ3n) is 3.44. The lowest BCUT2D eigenvalue weighted by Gasteiger charge is -2.36. The van der Waals surface area contributed by atoms with Crippen molar-refractivity contribution in [2.45, 2.75) is 18.3 Å². The maximum absolute atomic E-state index is 11.5. The van der Waals surface area contributed by atoms with Gasteiger partial charge in [-0.05, 0) is 18.4 Å². The van der Waals surface area contributed by atoms with Crippen LogP contribution in [0.1, 0.15) is 18.4 Å². The molecular weight excluding hydrogens is 220 g/mol. The molecule has 0 aliphatic carbocycles. The van der Waals surface area contributed by atoms with Crippen LogP contribution < -0.4 is 0 Å². The number of piperidine rings is 1. The molecule has 0 bridgehead atoms. The van der Waals surface area contributed by atoms with E-state index in [9.17, 15) is 14.8 Å². The normalized spacial score (nSPS) is 18.7. The molecule has 5 heteroatoms. The van der Waals surface area contributed by atoms with E-state index in [0.29, 0.717) is 25.9 Å². The van der Waals surface area contributed by atoms with Gasteiger partial charge >= 0.3 is 5.97 Å². The fourth-order valence-electron chi connectivity index (χ4n) is 2.34. The number of hydrogen-bond acceptors (Lipinski definition) is 3. The zero-order valence-corrected chi connectivity index (χ0v) is 9.37. The molecule has 1 saturated heterocycles. The first kappa shape index (κ1) is 11.6. The number of carboxylic acid groups (broad SMARTS) is 1. The molecule has 1 fully saturated rings. The van der Waals surface area contributed by atoms with E-state index in [-0.39, 0.29) is 0 Å². The minimum absolute atomic E-state index is 0.394. The fourth-order valence-corrected chi connectivity index (χ4v) is 2.34. The molecule has 1 aromatic carbocycles. The number of hydrogen-bond donors (Lipinski definition) is 1. The fraction of sp³-hybridized carbons (Fsp3) is 0.417. The molecule has 1 N–H and O–H groups in total. The van der Waals surface area contributed by atoms with Gasteiger partial charge in [0.05, 0.1) is 10.7 Å². The van der Waals surface area contributed by atoms with Gasteiger partial charge < -0.3 is 5.11 Å². The van der Waals surface area contributed by atoms with Crippen LogP contribution >= 0.6 is 0 Å². The van der Waals surface area contributed by atoms with E-state index < -0.39 is 11.4 Å². The van der Waals surface area contributed by atoms with Crippen LogP contribution in [0.2, 0.25) is 0 Å². The number of carbonyl (C=O) groups is 1. The Morgan fingerprint density at radius 2 is 1.82 bits per heavy atom. The lowest BCUT2D eigenvalue weighted by atomic mass is 9.73. The second kappa shape index (κ2) is 4.53. The lowest BCUT2D eigenvalue weighted by molar-refractivity contribution is -0.146. The van der Waals surface area contributed by atoms with Gasteiger partial charge in [-0.2, -0.15) is 0 Å². The Bertz CT molecular complexity index is 411. The lowest BCUT2D eigenvalue weighted by Crippen LogP contribution is -2.45. The van der Waals surface area contributed by atoms with E-state index >= 15 is 0 Å². The van der Waals surface area contributed by atoms with Crippen molar-refractivity contribution in [3.05, 3.63) is 40.8 Å². The Labute approximate surface area is 99.0 Å². The highest BCUT2D eigenvalue weighted by Crippen LogP contribution is 2.35. The summed E-state index contributed by atoms with van der Waals surface area (Å²) in [5.74, 6) is -0.825. The first-order chi connectivity index (χ1) is 8.19. The summed E-state index contributed by atoms with van der Waals surface area (Å²) >= 11 is 0. The van der Waals surface area contributed by atoms with Crippen molar-refractivity contribution >= 4 is 5.97 Å². The summed E-state index contributed by atoms with van der Waals surface area (Å²) in [6.45, 7) is 0.787. The molecule has 5 nitrogen and oxygen atoms in total. The van der Waals surface area contributed by atoms with Crippen LogP contribution in [0.5, 0.6) is 0 Å². The van der Waals surface area contributed by atoms with E-state index in [2.05, 4.69) is 5.29 Å². The van der Waals surface area contributed by atoms with E-state index in [1.165, 1.54) is 5.01 Å². The molecule has 0 amide bonds. The standard InChI is InChI=1S/C12H14N2O3/c15-11(16)12(10-4-2-1-3-5-10)6-8-14(13-17)9-7-12/h1-5H,6-9H2,(H,15,16). The van der Waals surface area contributed by atoms with Gasteiger partial charge in [-0.1, -0.05) is 30.3 Å². The van der Waals surface area contributed by atoms with Gasteiger partial charge in [-0.3, -0.25) is 9.80 Å². The molecule has 1 heterocycles. The minimum Gasteiger partial charge on any atom is -0.481 e. The molecule has 0 unspecified atom stereocenters. The number of nitrogens with zero attached hydrogens (tertiary/aromatic N) is 2. The average molecular weight is 234 g/mol. The summed E-state index contributed by atoms with van der Waals surface area (Å²) in [6.07, 6.45) is 0.830. The van der Waals surface area contributed by atoms with Gasteiger partial charge in [0.25, 0.3) is 0 Å². The van der Waals surface area contributed by atoms with Gasteiger partial charge in [-0.25, -0.2) is 0 Å². The zero-order chi connectivity index (χ0) is 12.3. The van der Waals surface area contributed by atoms with Crippen molar-refractivity contribution in [2.75, 3.05) is 13.1 Å². The van der Waals surface area contributed by atoms with Crippen molar-refractivity contribution in [3.8, 4) is 0 Å². The zero-order valence-electron chi connectivity index (χ0n) is 9.37. The topological polar surface area (TPSA) is 70.0 Å². The van der Waals surface area contributed by atoms with Crippen molar-refractivity contribution in [2.24, 2.45) is 5.29 Å². The third-order valence-corrected chi connectivity index (χ3v) is 3.44. The molecule has 90 valence electrons. The monoisotopic (exact) mass is 234 g/mol. The highest BCUT2D eigenvalue weighted by atomic mass is 16.4. The molecule has 2 rings (SSSR count). The summed E-state index contributed by atoms with van der Waals surface area (Å²) in [4.78, 5) is 22.0. The number of carboxylic acids is 1. The molecule has 0 radical (unpaired) electrons. The Balaban J connectivity index is 2.30. The van der Waals surface area contributed by atoms with Gasteiger partial charge in [0, 0.05) is 13.1 Å². The first-order valence-corrected chi connectivity index (χ1v) is 5.56. The van der Waals surface area contributed by atoms with Crippen LogP contribution in [0.25, 0.3) is 0 Å². The molecule has 0 aromatic heterocycles. The molecule has 0 spiro atoms. The van der Waals surface area contributed by atoms with Crippen molar-refractivity contribution in [3.63, 3.8) is 0 Å². The Hall–Kier alpha value is -1.91. The van der Waals surface area contributed by atoms with E-state index in [0.717, 1.165) is 5.56 Å². The first-order valence-electron chi connectivity index (χ1n) is 5.56. The number of nitroso groups, excluding NO2 is 1. The van der Waals surface area contributed by atoms with E-state index in [1.807, 2.05) is 30.3 Å². The third kappa shape index (κ3) is 2.00. The van der Waals surface area contributed by atoms with Crippen molar-refractivity contribution in [1.82, 2.24) is 5.01 Å². The predicted octanol–water partition coefficient (Wildman–Crippen LogP) is 1.79. The largest absolute Gasteiger partial charge is 0.481 e. The van der Waals surface area contributed by atoms with Crippen LogP contribution in [0.3, 0.4) is 0 Å². The predicted molar refractivity (Wildman–Crippen MR) is 62.4 cm³/mol. The molecule has 0 saturated carbocycles. The summed E-state index contributed by atoms with van der Waals surface area (Å²) in [7, 11) is 0. The van der Waals surface area contributed by atoms with Crippen molar-refractivity contribution in [1.29, 1.82) is 0 Å². The van der Waals surface area contributed by atoms with E-state index in [4.69, 9.17) is 0 Å². The number of rotatable bonds is 3. The van der Waals surface area contributed by atoms with Crippen LogP contribution in [0.4, 0.5) is 0 Å². The maximum Gasteiger partial charge on any atom is 0.314 e. The molecule has 17 heavy (non-hydrogen) atoms. The van der Waals surface area contributed by atoms with Gasteiger partial charge in [0.2, 0.25) is 0 Å². The van der Waals surface area contributed by atoms with Crippen molar-refractivity contribution < 1.29 is 9.90 Å². The molecule has 1 aliphatic heterocycles. The van der Waals surface area contributed by atoms with Gasteiger partial charge in [0.15, 0.2) is 0 Å². The van der Waals surface area contributed by atoms with Crippen LogP contribution in [0.15, 0.2) is 35.6 Å². The van der Waals surface area contributed by atoms with Crippen LogP contribution in [-0.4, -0.2) is 29.2 Å². The highest BCUT2D eigenvalue weighted by Gasteiger charge is 2.43. The Morgan fingerprint density at radius 1 is 1.24 bits per heavy atom. The molecular formula is C12H14N2O3. The summed E-state index contributed by atoms with van der Waals surface area (Å²) < 4.78 is 0. The van der Waals surface area contributed by atoms with Gasteiger partial charge in [0.1, 0.15) is 0 Å². The Morgan fingerprint density at radius 3 is 2.29 bits per heavy atom. The van der Waals surface area contributed by atoms with E-state index in [1.54, 1.807) is 0 Å². The minimum atomic E-state index is -0.873. The number of aliphatic carboxylic acids is 1. The second-order valence-corrected chi connectivity index (χ2v) is 4.29. The molecule has 0 atom stereocenters. The van der Waals surface area contributed by atoms with Gasteiger partial charge in [-0.15, -0.1) is 4.91 Å². The quantitative estimate of drug-likeness (QED) is 0.809. The summed E-state index contributed by atoms with van der Waals surface area (Å²) in [5.41, 5.74) is -0.0688. The molecule has 1 aliphatic rings. The SMILES string of the molecule is O=NN1CCC(C(=O)O)(c2ccccc2)CC1. The number of benzene rings is 1. The average Bonchev–Trinajstić information content (AvgIpc) is 2.39. The Kier molecular flexibility index (Phi) is 3.08.